The maximum Gasteiger partial charge on any atom is 0.230 e. The molecule has 1 aliphatic rings. The second kappa shape index (κ2) is 6.83. The fraction of sp³-hybridized carbons (Fsp3) is 0.412. The number of methoxy groups -OCH3 is 1. The first-order valence-corrected chi connectivity index (χ1v) is 7.87. The Morgan fingerprint density at radius 2 is 2.26 bits per heavy atom. The fourth-order valence-corrected chi connectivity index (χ4v) is 2.79. The molecule has 1 aromatic carbocycles. The number of nitrogens with one attached hydrogen (secondary N) is 1. The van der Waals surface area contributed by atoms with Gasteiger partial charge in [-0.2, -0.15) is 0 Å². The Bertz CT molecular complexity index is 677. The largest absolute Gasteiger partial charge is 0.497 e. The molecular formula is C17H22N4O2. The third-order valence-electron chi connectivity index (χ3n) is 4.17. The number of aryl methyl sites for hydroxylation is 1. The molecule has 1 fully saturated rings. The van der Waals surface area contributed by atoms with Crippen molar-refractivity contribution < 1.29 is 9.53 Å². The van der Waals surface area contributed by atoms with Crippen LogP contribution >= 0.6 is 0 Å². The minimum atomic E-state index is 0.0336. The predicted octanol–water partition coefficient (Wildman–Crippen LogP) is 1.98. The number of carbonyl (C=O) groups is 1. The highest BCUT2D eigenvalue weighted by Crippen LogP contribution is 2.22. The average Bonchev–Trinajstić information content (AvgIpc) is 2.97. The van der Waals surface area contributed by atoms with Crippen molar-refractivity contribution in [3.63, 3.8) is 0 Å². The van der Waals surface area contributed by atoms with Crippen LogP contribution in [0.2, 0.25) is 0 Å². The van der Waals surface area contributed by atoms with Gasteiger partial charge < -0.3 is 14.6 Å². The van der Waals surface area contributed by atoms with Crippen molar-refractivity contribution >= 4 is 11.6 Å². The molecule has 1 saturated heterocycles. The van der Waals surface area contributed by atoms with Crippen molar-refractivity contribution in [2.45, 2.75) is 20.0 Å². The molecule has 0 saturated carbocycles. The number of amides is 1. The zero-order valence-electron chi connectivity index (χ0n) is 13.5. The van der Waals surface area contributed by atoms with Gasteiger partial charge >= 0.3 is 0 Å². The maximum atomic E-state index is 12.3. The summed E-state index contributed by atoms with van der Waals surface area (Å²) in [7, 11) is 1.62. The minimum absolute atomic E-state index is 0.0336. The van der Waals surface area contributed by atoms with E-state index < -0.39 is 0 Å². The summed E-state index contributed by atoms with van der Waals surface area (Å²) in [6.07, 6.45) is 3.81. The molecule has 3 rings (SSSR count). The van der Waals surface area contributed by atoms with Gasteiger partial charge in [0.1, 0.15) is 11.6 Å². The van der Waals surface area contributed by atoms with E-state index >= 15 is 0 Å². The Hall–Kier alpha value is -2.34. The molecular weight excluding hydrogens is 292 g/mol. The van der Waals surface area contributed by atoms with E-state index in [1.165, 1.54) is 0 Å². The number of imidazole rings is 1. The number of hydrogen-bond donors (Lipinski definition) is 1. The number of ether oxygens (including phenoxy) is 1. The SMILES string of the molecule is CCn1ccnc1CN1CC(C(=O)Nc2cccc(OC)c2)C1. The third-order valence-corrected chi connectivity index (χ3v) is 4.17. The standard InChI is InChI=1S/C17H22N4O2/c1-3-21-8-7-18-16(21)12-20-10-13(11-20)17(22)19-14-5-4-6-15(9-14)23-2/h4-9,13H,3,10-12H2,1-2H3,(H,19,22). The Kier molecular flexibility index (Phi) is 4.62. The van der Waals surface area contributed by atoms with Crippen LogP contribution in [-0.4, -0.2) is 40.6 Å². The summed E-state index contributed by atoms with van der Waals surface area (Å²) in [5, 5.41) is 2.95. The van der Waals surface area contributed by atoms with Crippen LogP contribution in [0.15, 0.2) is 36.7 Å². The normalized spacial score (nSPS) is 15.2. The lowest BCUT2D eigenvalue weighted by atomic mass is 9.99. The highest BCUT2D eigenvalue weighted by Gasteiger charge is 2.33. The number of anilines is 1. The van der Waals surface area contributed by atoms with Crippen molar-refractivity contribution in [3.8, 4) is 5.75 Å². The lowest BCUT2D eigenvalue weighted by molar-refractivity contribution is -0.125. The lowest BCUT2D eigenvalue weighted by Crippen LogP contribution is -2.51. The number of benzene rings is 1. The third kappa shape index (κ3) is 3.53. The summed E-state index contributed by atoms with van der Waals surface area (Å²) in [5.41, 5.74) is 0.773. The van der Waals surface area contributed by atoms with Gasteiger partial charge in [-0.25, -0.2) is 4.98 Å². The molecule has 0 bridgehead atoms. The van der Waals surface area contributed by atoms with Crippen LogP contribution in [0.25, 0.3) is 0 Å². The Labute approximate surface area is 136 Å². The molecule has 6 heteroatoms. The van der Waals surface area contributed by atoms with Gasteiger partial charge in [0, 0.05) is 43.8 Å². The molecule has 1 aliphatic heterocycles. The van der Waals surface area contributed by atoms with Crippen LogP contribution in [-0.2, 0) is 17.9 Å². The van der Waals surface area contributed by atoms with Crippen LogP contribution in [0.3, 0.4) is 0 Å². The van der Waals surface area contributed by atoms with Gasteiger partial charge in [0.05, 0.1) is 19.6 Å². The number of likely N-dealkylation sites (tertiary alicyclic amines) is 1. The fourth-order valence-electron chi connectivity index (χ4n) is 2.79. The molecule has 23 heavy (non-hydrogen) atoms. The first kappa shape index (κ1) is 15.6. The molecule has 1 N–H and O–H groups in total. The number of aromatic nitrogens is 2. The van der Waals surface area contributed by atoms with Crippen molar-refractivity contribution in [2.75, 3.05) is 25.5 Å². The number of rotatable bonds is 6. The predicted molar refractivity (Wildman–Crippen MR) is 88.3 cm³/mol. The molecule has 0 atom stereocenters. The Morgan fingerprint density at radius 3 is 3.00 bits per heavy atom. The quantitative estimate of drug-likeness (QED) is 0.886. The molecule has 0 spiro atoms. The van der Waals surface area contributed by atoms with Gasteiger partial charge in [0.25, 0.3) is 0 Å². The minimum Gasteiger partial charge on any atom is -0.497 e. The molecule has 2 heterocycles. The topological polar surface area (TPSA) is 59.4 Å². The van der Waals surface area contributed by atoms with E-state index in [0.29, 0.717) is 0 Å². The Balaban J connectivity index is 1.49. The summed E-state index contributed by atoms with van der Waals surface area (Å²) in [4.78, 5) is 18.9. The lowest BCUT2D eigenvalue weighted by Gasteiger charge is -2.37. The zero-order chi connectivity index (χ0) is 16.2. The maximum absolute atomic E-state index is 12.3. The van der Waals surface area contributed by atoms with Gasteiger partial charge in [-0.1, -0.05) is 6.07 Å². The van der Waals surface area contributed by atoms with Crippen molar-refractivity contribution in [1.82, 2.24) is 14.5 Å². The van der Waals surface area contributed by atoms with Gasteiger partial charge in [-0.15, -0.1) is 0 Å². The number of hydrogen-bond acceptors (Lipinski definition) is 4. The van der Waals surface area contributed by atoms with Crippen LogP contribution < -0.4 is 10.1 Å². The van der Waals surface area contributed by atoms with E-state index in [2.05, 4.69) is 26.7 Å². The summed E-state index contributed by atoms with van der Waals surface area (Å²) < 4.78 is 7.29. The van der Waals surface area contributed by atoms with E-state index in [0.717, 1.165) is 43.4 Å². The molecule has 0 radical (unpaired) electrons. The zero-order valence-corrected chi connectivity index (χ0v) is 13.5. The van der Waals surface area contributed by atoms with E-state index in [4.69, 9.17) is 4.74 Å². The summed E-state index contributed by atoms with van der Waals surface area (Å²) in [5.74, 6) is 1.89. The van der Waals surface area contributed by atoms with Crippen molar-refractivity contribution in [3.05, 3.63) is 42.5 Å². The first-order chi connectivity index (χ1) is 11.2. The molecule has 122 valence electrons. The smallest absolute Gasteiger partial charge is 0.230 e. The number of carbonyl (C=O) groups excluding carboxylic acids is 1. The molecule has 0 aliphatic carbocycles. The highest BCUT2D eigenvalue weighted by molar-refractivity contribution is 5.93. The Morgan fingerprint density at radius 1 is 1.43 bits per heavy atom. The van der Waals surface area contributed by atoms with Crippen LogP contribution in [0, 0.1) is 5.92 Å². The molecule has 1 aromatic heterocycles. The van der Waals surface area contributed by atoms with Gasteiger partial charge in [0.2, 0.25) is 5.91 Å². The van der Waals surface area contributed by atoms with E-state index in [9.17, 15) is 4.79 Å². The molecule has 0 unspecified atom stereocenters. The average molecular weight is 314 g/mol. The second-order valence-corrected chi connectivity index (χ2v) is 5.74. The summed E-state index contributed by atoms with van der Waals surface area (Å²) in [6, 6.07) is 7.42. The molecule has 1 amide bonds. The van der Waals surface area contributed by atoms with Gasteiger partial charge in [0.15, 0.2) is 0 Å². The summed E-state index contributed by atoms with van der Waals surface area (Å²) >= 11 is 0. The number of nitrogens with zero attached hydrogens (tertiary/aromatic N) is 3. The van der Waals surface area contributed by atoms with Crippen LogP contribution in [0.1, 0.15) is 12.7 Å². The van der Waals surface area contributed by atoms with Gasteiger partial charge in [-0.05, 0) is 19.1 Å². The van der Waals surface area contributed by atoms with Crippen LogP contribution in [0.5, 0.6) is 5.75 Å². The van der Waals surface area contributed by atoms with Crippen molar-refractivity contribution in [2.24, 2.45) is 5.92 Å². The monoisotopic (exact) mass is 314 g/mol. The summed E-state index contributed by atoms with van der Waals surface area (Å²) in [6.45, 7) is 5.36. The highest BCUT2D eigenvalue weighted by atomic mass is 16.5. The van der Waals surface area contributed by atoms with Crippen molar-refractivity contribution in [1.29, 1.82) is 0 Å². The van der Waals surface area contributed by atoms with E-state index in [-0.39, 0.29) is 11.8 Å². The second-order valence-electron chi connectivity index (χ2n) is 5.74. The molecule has 6 nitrogen and oxygen atoms in total. The van der Waals surface area contributed by atoms with E-state index in [1.807, 2.05) is 36.7 Å². The van der Waals surface area contributed by atoms with E-state index in [1.54, 1.807) is 7.11 Å². The first-order valence-electron chi connectivity index (χ1n) is 7.87. The molecule has 2 aromatic rings. The van der Waals surface area contributed by atoms with Crippen LogP contribution in [0.4, 0.5) is 5.69 Å². The van der Waals surface area contributed by atoms with Gasteiger partial charge in [-0.3, -0.25) is 9.69 Å².